The first-order valence-electron chi connectivity index (χ1n) is 8.34. The number of nitrogens with one attached hydrogen (secondary N) is 1. The molecule has 1 aromatic carbocycles. The first-order valence-corrected chi connectivity index (χ1v) is 8.34. The number of halogens is 1. The molecule has 2 aromatic rings. The standard InChI is InChI=1S/C17H22FN5O3/c1-12-20-21-22-23(12)15(11-13-6-5-7-14(18)10-13)17(25)19-9-4-3-8-16(24)26-2/h5-7,10,15H,3-4,8-9,11H2,1-2H3,(H,19,25). The largest absolute Gasteiger partial charge is 0.469 e. The van der Waals surface area contributed by atoms with Crippen LogP contribution in [0.3, 0.4) is 0 Å². The van der Waals surface area contributed by atoms with Gasteiger partial charge in [-0.15, -0.1) is 5.10 Å². The highest BCUT2D eigenvalue weighted by Gasteiger charge is 2.24. The third-order valence-electron chi connectivity index (χ3n) is 3.91. The van der Waals surface area contributed by atoms with E-state index in [1.54, 1.807) is 19.1 Å². The topological polar surface area (TPSA) is 99.0 Å². The maximum Gasteiger partial charge on any atom is 0.305 e. The van der Waals surface area contributed by atoms with Crippen LogP contribution in [0.1, 0.15) is 36.7 Å². The third-order valence-corrected chi connectivity index (χ3v) is 3.91. The Balaban J connectivity index is 1.98. The molecule has 0 aliphatic heterocycles. The molecule has 8 nitrogen and oxygen atoms in total. The molecule has 1 atom stereocenters. The number of esters is 1. The van der Waals surface area contributed by atoms with E-state index < -0.39 is 6.04 Å². The van der Waals surface area contributed by atoms with Gasteiger partial charge in [-0.1, -0.05) is 12.1 Å². The predicted molar refractivity (Wildman–Crippen MR) is 90.6 cm³/mol. The molecule has 0 saturated carbocycles. The van der Waals surface area contributed by atoms with Crippen molar-refractivity contribution in [3.05, 3.63) is 41.5 Å². The van der Waals surface area contributed by atoms with Crippen molar-refractivity contribution < 1.29 is 18.7 Å². The van der Waals surface area contributed by atoms with E-state index in [4.69, 9.17) is 0 Å². The van der Waals surface area contributed by atoms with E-state index in [0.717, 1.165) is 0 Å². The second-order valence-corrected chi connectivity index (χ2v) is 5.84. The summed E-state index contributed by atoms with van der Waals surface area (Å²) in [5, 5.41) is 14.1. The van der Waals surface area contributed by atoms with Gasteiger partial charge in [-0.25, -0.2) is 9.07 Å². The summed E-state index contributed by atoms with van der Waals surface area (Å²) in [6, 6.07) is 5.39. The number of benzene rings is 1. The smallest absolute Gasteiger partial charge is 0.305 e. The molecule has 0 aliphatic carbocycles. The van der Waals surface area contributed by atoms with Crippen molar-refractivity contribution in [1.29, 1.82) is 0 Å². The zero-order chi connectivity index (χ0) is 18.9. The molecule has 0 saturated heterocycles. The van der Waals surface area contributed by atoms with Gasteiger partial charge in [0.1, 0.15) is 17.7 Å². The zero-order valence-electron chi connectivity index (χ0n) is 14.8. The number of rotatable bonds is 9. The van der Waals surface area contributed by atoms with Gasteiger partial charge in [0.15, 0.2) is 0 Å². The number of unbranched alkanes of at least 4 members (excludes halogenated alkanes) is 1. The molecule has 2 rings (SSSR count). The summed E-state index contributed by atoms with van der Waals surface area (Å²) in [7, 11) is 1.34. The van der Waals surface area contributed by atoms with Crippen LogP contribution >= 0.6 is 0 Å². The van der Waals surface area contributed by atoms with Crippen LogP contribution in [0.2, 0.25) is 0 Å². The molecule has 9 heteroatoms. The zero-order valence-corrected chi connectivity index (χ0v) is 14.8. The minimum atomic E-state index is -0.688. The van der Waals surface area contributed by atoms with E-state index >= 15 is 0 Å². The normalized spacial score (nSPS) is 11.8. The van der Waals surface area contributed by atoms with Gasteiger partial charge in [0.05, 0.1) is 7.11 Å². The third kappa shape index (κ3) is 5.61. The average Bonchev–Trinajstić information content (AvgIpc) is 3.04. The highest BCUT2D eigenvalue weighted by molar-refractivity contribution is 5.80. The number of hydrogen-bond donors (Lipinski definition) is 1. The van der Waals surface area contributed by atoms with E-state index in [2.05, 4.69) is 25.6 Å². The lowest BCUT2D eigenvalue weighted by molar-refractivity contribution is -0.140. The fraction of sp³-hybridized carbons (Fsp3) is 0.471. The van der Waals surface area contributed by atoms with Gasteiger partial charge < -0.3 is 10.1 Å². The summed E-state index contributed by atoms with van der Waals surface area (Å²) in [5.74, 6) is -0.405. The molecular weight excluding hydrogens is 341 g/mol. The number of carbonyl (C=O) groups excluding carboxylic acids is 2. The molecule has 1 N–H and O–H groups in total. The van der Waals surface area contributed by atoms with Gasteiger partial charge in [-0.05, 0) is 47.9 Å². The molecule has 1 aromatic heterocycles. The number of aryl methyl sites for hydroxylation is 1. The number of carbonyl (C=O) groups is 2. The van der Waals surface area contributed by atoms with Gasteiger partial charge in [0, 0.05) is 19.4 Å². The highest BCUT2D eigenvalue weighted by atomic mass is 19.1. The molecule has 1 amide bonds. The number of tetrazole rings is 1. The summed E-state index contributed by atoms with van der Waals surface area (Å²) >= 11 is 0. The van der Waals surface area contributed by atoms with E-state index in [0.29, 0.717) is 37.2 Å². The molecule has 0 radical (unpaired) electrons. The van der Waals surface area contributed by atoms with Crippen molar-refractivity contribution in [2.75, 3.05) is 13.7 Å². The Morgan fingerprint density at radius 2 is 2.15 bits per heavy atom. The van der Waals surface area contributed by atoms with Crippen LogP contribution < -0.4 is 5.32 Å². The number of nitrogens with zero attached hydrogens (tertiary/aromatic N) is 4. The Morgan fingerprint density at radius 1 is 1.35 bits per heavy atom. The van der Waals surface area contributed by atoms with Gasteiger partial charge in [0.25, 0.3) is 0 Å². The van der Waals surface area contributed by atoms with Crippen molar-refractivity contribution in [2.24, 2.45) is 0 Å². The second-order valence-electron chi connectivity index (χ2n) is 5.84. The summed E-state index contributed by atoms with van der Waals surface area (Å²) in [6.07, 6.45) is 1.83. The fourth-order valence-electron chi connectivity index (χ4n) is 2.53. The lowest BCUT2D eigenvalue weighted by Crippen LogP contribution is -2.35. The molecule has 0 bridgehead atoms. The molecule has 1 unspecified atom stereocenters. The van der Waals surface area contributed by atoms with Gasteiger partial charge in [-0.3, -0.25) is 9.59 Å². The molecule has 0 spiro atoms. The SMILES string of the molecule is COC(=O)CCCCNC(=O)C(Cc1cccc(F)c1)n1nnnc1C. The summed E-state index contributed by atoms with van der Waals surface area (Å²) in [6.45, 7) is 2.11. The minimum Gasteiger partial charge on any atom is -0.469 e. The van der Waals surface area contributed by atoms with Crippen LogP contribution in [0.15, 0.2) is 24.3 Å². The number of hydrogen-bond acceptors (Lipinski definition) is 6. The maximum atomic E-state index is 13.4. The Hall–Kier alpha value is -2.84. The van der Waals surface area contributed by atoms with Crippen molar-refractivity contribution in [3.8, 4) is 0 Å². The van der Waals surface area contributed by atoms with Crippen LogP contribution in [0.25, 0.3) is 0 Å². The molecule has 1 heterocycles. The molecular formula is C17H22FN5O3. The van der Waals surface area contributed by atoms with E-state index in [9.17, 15) is 14.0 Å². The highest BCUT2D eigenvalue weighted by Crippen LogP contribution is 2.16. The summed E-state index contributed by atoms with van der Waals surface area (Å²) in [5.41, 5.74) is 0.672. The average molecular weight is 363 g/mol. The Labute approximate surface area is 150 Å². The van der Waals surface area contributed by atoms with Gasteiger partial charge in [0.2, 0.25) is 5.91 Å². The van der Waals surface area contributed by atoms with Crippen LogP contribution in [-0.2, 0) is 20.7 Å². The predicted octanol–water partition coefficient (Wildman–Crippen LogP) is 1.36. The number of aromatic nitrogens is 4. The number of amides is 1. The van der Waals surface area contributed by atoms with Crippen LogP contribution in [0.4, 0.5) is 4.39 Å². The lowest BCUT2D eigenvalue weighted by atomic mass is 10.0. The Kier molecular flexibility index (Phi) is 7.19. The minimum absolute atomic E-state index is 0.261. The molecule has 0 aliphatic rings. The maximum absolute atomic E-state index is 13.4. The van der Waals surface area contributed by atoms with Crippen LogP contribution in [0.5, 0.6) is 0 Å². The monoisotopic (exact) mass is 363 g/mol. The molecule has 26 heavy (non-hydrogen) atoms. The lowest BCUT2D eigenvalue weighted by Gasteiger charge is -2.17. The molecule has 0 fully saturated rings. The van der Waals surface area contributed by atoms with E-state index in [-0.39, 0.29) is 24.1 Å². The fourth-order valence-corrected chi connectivity index (χ4v) is 2.53. The number of methoxy groups -OCH3 is 1. The van der Waals surface area contributed by atoms with Crippen LogP contribution in [0, 0.1) is 12.7 Å². The first-order chi connectivity index (χ1) is 12.5. The number of ether oxygens (including phenoxy) is 1. The quantitative estimate of drug-likeness (QED) is 0.534. The summed E-state index contributed by atoms with van der Waals surface area (Å²) in [4.78, 5) is 23.7. The van der Waals surface area contributed by atoms with E-state index in [1.807, 2.05) is 0 Å². The van der Waals surface area contributed by atoms with E-state index in [1.165, 1.54) is 23.9 Å². The molecule has 140 valence electrons. The Bertz CT molecular complexity index is 750. The van der Waals surface area contributed by atoms with Gasteiger partial charge in [-0.2, -0.15) is 0 Å². The first kappa shape index (κ1) is 19.5. The van der Waals surface area contributed by atoms with Gasteiger partial charge >= 0.3 is 5.97 Å². The second kappa shape index (κ2) is 9.59. The van der Waals surface area contributed by atoms with Crippen molar-refractivity contribution in [3.63, 3.8) is 0 Å². The Morgan fingerprint density at radius 3 is 2.81 bits per heavy atom. The van der Waals surface area contributed by atoms with Crippen molar-refractivity contribution in [2.45, 2.75) is 38.6 Å². The van der Waals surface area contributed by atoms with Crippen molar-refractivity contribution in [1.82, 2.24) is 25.5 Å². The summed E-state index contributed by atoms with van der Waals surface area (Å²) < 4.78 is 19.4. The van der Waals surface area contributed by atoms with Crippen molar-refractivity contribution >= 4 is 11.9 Å². The van der Waals surface area contributed by atoms with Crippen LogP contribution in [-0.4, -0.2) is 45.7 Å².